The molecule has 124 valence electrons. The minimum absolute atomic E-state index is 0.464. The van der Waals surface area contributed by atoms with Crippen molar-refractivity contribution < 1.29 is 13.9 Å². The van der Waals surface area contributed by atoms with E-state index < -0.39 is 0 Å². The van der Waals surface area contributed by atoms with Crippen LogP contribution in [0.3, 0.4) is 0 Å². The first-order chi connectivity index (χ1) is 11.3. The van der Waals surface area contributed by atoms with Gasteiger partial charge in [0, 0.05) is 32.5 Å². The predicted molar refractivity (Wildman–Crippen MR) is 87.4 cm³/mol. The molecule has 0 aliphatic carbocycles. The topological polar surface area (TPSA) is 80.9 Å². The molecule has 0 fully saturated rings. The van der Waals surface area contributed by atoms with Gasteiger partial charge in [-0.3, -0.25) is 4.99 Å². The monoisotopic (exact) mass is 318 g/mol. The molecule has 0 aliphatic rings. The molecule has 0 amide bonds. The van der Waals surface area contributed by atoms with Gasteiger partial charge in [0.25, 0.3) is 0 Å². The molecular weight excluding hydrogens is 296 g/mol. The molecule has 0 unspecified atom stereocenters. The van der Waals surface area contributed by atoms with Crippen LogP contribution in [0.2, 0.25) is 0 Å². The lowest BCUT2D eigenvalue weighted by Gasteiger charge is -2.13. The molecule has 7 heteroatoms. The summed E-state index contributed by atoms with van der Waals surface area (Å²) in [5.41, 5.74) is 0.949. The Balaban J connectivity index is 1.85. The Labute approximate surface area is 135 Å². The van der Waals surface area contributed by atoms with Crippen molar-refractivity contribution in [3.05, 3.63) is 48.0 Å². The minimum Gasteiger partial charge on any atom is -0.475 e. The molecule has 2 rings (SSSR count). The molecule has 0 aromatic carbocycles. The molecular formula is C16H22N4O3. The highest BCUT2D eigenvalue weighted by molar-refractivity contribution is 5.79. The average Bonchev–Trinajstić information content (AvgIpc) is 3.10. The standard InChI is InChI=1S/C16H22N4O3/c1-17-16(20-12-14-6-4-8-22-14)19-11-13-5-3-7-18-15(13)23-10-9-21-2/h3-8H,9-12H2,1-2H3,(H2,17,19,20). The van der Waals surface area contributed by atoms with Crippen LogP contribution in [0.4, 0.5) is 0 Å². The second-order valence-electron chi connectivity index (χ2n) is 4.67. The van der Waals surface area contributed by atoms with Gasteiger partial charge in [0.05, 0.1) is 19.4 Å². The highest BCUT2D eigenvalue weighted by atomic mass is 16.5. The third kappa shape index (κ3) is 5.63. The summed E-state index contributed by atoms with van der Waals surface area (Å²) in [6.07, 6.45) is 3.35. The third-order valence-corrected chi connectivity index (χ3v) is 3.06. The fraction of sp³-hybridized carbons (Fsp3) is 0.375. The Morgan fingerprint density at radius 3 is 2.83 bits per heavy atom. The Morgan fingerprint density at radius 2 is 2.09 bits per heavy atom. The van der Waals surface area contributed by atoms with Crippen LogP contribution in [0.15, 0.2) is 46.1 Å². The van der Waals surface area contributed by atoms with Gasteiger partial charge in [0.15, 0.2) is 5.96 Å². The molecule has 0 radical (unpaired) electrons. The van der Waals surface area contributed by atoms with Crippen molar-refractivity contribution in [2.24, 2.45) is 4.99 Å². The van der Waals surface area contributed by atoms with E-state index in [4.69, 9.17) is 13.9 Å². The number of aromatic nitrogens is 1. The van der Waals surface area contributed by atoms with Gasteiger partial charge in [-0.15, -0.1) is 0 Å². The summed E-state index contributed by atoms with van der Waals surface area (Å²) in [6, 6.07) is 7.59. The van der Waals surface area contributed by atoms with Crippen LogP contribution in [0.5, 0.6) is 5.88 Å². The van der Waals surface area contributed by atoms with Crippen LogP contribution < -0.4 is 15.4 Å². The number of guanidine groups is 1. The van der Waals surface area contributed by atoms with Crippen LogP contribution in [-0.2, 0) is 17.8 Å². The van der Waals surface area contributed by atoms with Gasteiger partial charge in [-0.05, 0) is 18.2 Å². The maximum absolute atomic E-state index is 5.61. The largest absolute Gasteiger partial charge is 0.475 e. The lowest BCUT2D eigenvalue weighted by atomic mass is 10.2. The van der Waals surface area contributed by atoms with Gasteiger partial charge >= 0.3 is 0 Å². The van der Waals surface area contributed by atoms with Crippen molar-refractivity contribution in [3.63, 3.8) is 0 Å². The van der Waals surface area contributed by atoms with Gasteiger partial charge in [0.1, 0.15) is 12.4 Å². The number of aliphatic imine (C=N–C) groups is 1. The first kappa shape index (κ1) is 16.8. The van der Waals surface area contributed by atoms with Crippen LogP contribution in [0.1, 0.15) is 11.3 Å². The zero-order chi connectivity index (χ0) is 16.3. The van der Waals surface area contributed by atoms with Gasteiger partial charge < -0.3 is 24.5 Å². The zero-order valence-corrected chi connectivity index (χ0v) is 13.4. The minimum atomic E-state index is 0.464. The maximum Gasteiger partial charge on any atom is 0.218 e. The SMILES string of the molecule is CN=C(NCc1ccco1)NCc1cccnc1OCCOC. The highest BCUT2D eigenvalue weighted by Gasteiger charge is 2.06. The summed E-state index contributed by atoms with van der Waals surface area (Å²) < 4.78 is 15.9. The van der Waals surface area contributed by atoms with Gasteiger partial charge in [-0.1, -0.05) is 6.07 Å². The van der Waals surface area contributed by atoms with Gasteiger partial charge in [0.2, 0.25) is 5.88 Å². The Morgan fingerprint density at radius 1 is 1.22 bits per heavy atom. The predicted octanol–water partition coefficient (Wildman–Crippen LogP) is 1.56. The lowest BCUT2D eigenvalue weighted by Crippen LogP contribution is -2.36. The summed E-state index contributed by atoms with van der Waals surface area (Å²) in [7, 11) is 3.36. The van der Waals surface area contributed by atoms with E-state index in [0.717, 1.165) is 11.3 Å². The van der Waals surface area contributed by atoms with Crippen LogP contribution in [0.25, 0.3) is 0 Å². The third-order valence-electron chi connectivity index (χ3n) is 3.06. The summed E-state index contributed by atoms with van der Waals surface area (Å²) >= 11 is 0. The molecule has 0 saturated heterocycles. The van der Waals surface area contributed by atoms with Crippen molar-refractivity contribution in [2.75, 3.05) is 27.4 Å². The summed E-state index contributed by atoms with van der Waals surface area (Å²) in [5, 5.41) is 6.40. The average molecular weight is 318 g/mol. The van der Waals surface area contributed by atoms with Crippen molar-refractivity contribution >= 4 is 5.96 Å². The quantitative estimate of drug-likeness (QED) is 0.437. The van der Waals surface area contributed by atoms with Gasteiger partial charge in [-0.25, -0.2) is 4.98 Å². The van der Waals surface area contributed by atoms with Gasteiger partial charge in [-0.2, -0.15) is 0 Å². The van der Waals surface area contributed by atoms with Crippen LogP contribution in [-0.4, -0.2) is 38.3 Å². The summed E-state index contributed by atoms with van der Waals surface area (Å²) in [4.78, 5) is 8.43. The van der Waals surface area contributed by atoms with Crippen molar-refractivity contribution in [1.29, 1.82) is 0 Å². The summed E-state index contributed by atoms with van der Waals surface area (Å²) in [6.45, 7) is 2.10. The smallest absolute Gasteiger partial charge is 0.218 e. The van der Waals surface area contributed by atoms with Crippen molar-refractivity contribution in [1.82, 2.24) is 15.6 Å². The Kier molecular flexibility index (Phi) is 6.93. The first-order valence-corrected chi connectivity index (χ1v) is 7.36. The van der Waals surface area contributed by atoms with E-state index in [-0.39, 0.29) is 0 Å². The Hall–Kier alpha value is -2.54. The lowest BCUT2D eigenvalue weighted by molar-refractivity contribution is 0.143. The number of nitrogens with zero attached hydrogens (tertiary/aromatic N) is 2. The molecule has 2 aromatic rings. The summed E-state index contributed by atoms with van der Waals surface area (Å²) in [5.74, 6) is 2.12. The number of methoxy groups -OCH3 is 1. The first-order valence-electron chi connectivity index (χ1n) is 7.36. The number of pyridine rings is 1. The molecule has 0 spiro atoms. The van der Waals surface area contributed by atoms with E-state index in [9.17, 15) is 0 Å². The molecule has 0 aliphatic heterocycles. The maximum atomic E-state index is 5.61. The van der Waals surface area contributed by atoms with Crippen LogP contribution >= 0.6 is 0 Å². The Bertz CT molecular complexity index is 599. The molecule has 2 heterocycles. The van der Waals surface area contributed by atoms with E-state index >= 15 is 0 Å². The number of rotatable bonds is 8. The second-order valence-corrected chi connectivity index (χ2v) is 4.67. The normalized spacial score (nSPS) is 11.3. The van der Waals surface area contributed by atoms with E-state index in [2.05, 4.69) is 20.6 Å². The molecule has 0 bridgehead atoms. The number of nitrogens with one attached hydrogen (secondary N) is 2. The fourth-order valence-electron chi connectivity index (χ4n) is 1.89. The van der Waals surface area contributed by atoms with E-state index in [0.29, 0.717) is 38.1 Å². The highest BCUT2D eigenvalue weighted by Crippen LogP contribution is 2.13. The van der Waals surface area contributed by atoms with E-state index in [1.54, 1.807) is 26.6 Å². The number of hydrogen-bond acceptors (Lipinski definition) is 5. The molecule has 7 nitrogen and oxygen atoms in total. The zero-order valence-electron chi connectivity index (χ0n) is 13.4. The van der Waals surface area contributed by atoms with Crippen molar-refractivity contribution in [2.45, 2.75) is 13.1 Å². The molecule has 0 saturated carbocycles. The van der Waals surface area contributed by atoms with E-state index in [1.807, 2.05) is 24.3 Å². The fourth-order valence-corrected chi connectivity index (χ4v) is 1.89. The molecule has 0 atom stereocenters. The van der Waals surface area contributed by atoms with Crippen LogP contribution in [0, 0.1) is 0 Å². The number of hydrogen-bond donors (Lipinski definition) is 2. The van der Waals surface area contributed by atoms with Crippen molar-refractivity contribution in [3.8, 4) is 5.88 Å². The molecule has 23 heavy (non-hydrogen) atoms. The number of ether oxygens (including phenoxy) is 2. The second kappa shape index (κ2) is 9.47. The number of furan rings is 1. The molecule has 2 aromatic heterocycles. The molecule has 2 N–H and O–H groups in total. The van der Waals surface area contributed by atoms with E-state index in [1.165, 1.54) is 0 Å².